The summed E-state index contributed by atoms with van der Waals surface area (Å²) >= 11 is 0. The molecule has 0 spiro atoms. The highest BCUT2D eigenvalue weighted by atomic mass is 16.5. The summed E-state index contributed by atoms with van der Waals surface area (Å²) in [5.74, 6) is -0.190. The van der Waals surface area contributed by atoms with Gasteiger partial charge >= 0.3 is 5.97 Å². The van der Waals surface area contributed by atoms with Crippen LogP contribution in [0, 0.1) is 0 Å². The average Bonchev–Trinajstić information content (AvgIpc) is 2.19. The van der Waals surface area contributed by atoms with Gasteiger partial charge in [-0.05, 0) is 0 Å². The molecule has 1 aromatic rings. The summed E-state index contributed by atoms with van der Waals surface area (Å²) in [7, 11) is 0. The van der Waals surface area contributed by atoms with Crippen LogP contribution >= 0.6 is 0 Å². The zero-order chi connectivity index (χ0) is 10.8. The van der Waals surface area contributed by atoms with Crippen molar-refractivity contribution in [3.63, 3.8) is 0 Å². The summed E-state index contributed by atoms with van der Waals surface area (Å²) in [4.78, 5) is 10.6. The number of ether oxygens (including phenoxy) is 1. The molecule has 80 valence electrons. The van der Waals surface area contributed by atoms with Gasteiger partial charge in [-0.25, -0.2) is 0 Å². The number of carboxylic acid groups (broad SMARTS) is 1. The molecule has 0 fully saturated rings. The van der Waals surface area contributed by atoms with Gasteiger partial charge in [0.25, 0.3) is 0 Å². The van der Waals surface area contributed by atoms with Crippen LogP contribution in [0.2, 0.25) is 0 Å². The minimum Gasteiger partial charge on any atom is -0.493 e. The van der Waals surface area contributed by atoms with Gasteiger partial charge in [0, 0.05) is 23.6 Å². The van der Waals surface area contributed by atoms with Crippen molar-refractivity contribution < 1.29 is 14.6 Å². The molecule has 0 radical (unpaired) electrons. The fourth-order valence-electron chi connectivity index (χ4n) is 1.82. The van der Waals surface area contributed by atoms with E-state index in [-0.39, 0.29) is 12.5 Å². The van der Waals surface area contributed by atoms with Crippen LogP contribution in [-0.4, -0.2) is 17.7 Å². The van der Waals surface area contributed by atoms with Crippen LogP contribution in [0.3, 0.4) is 0 Å². The number of nitrogens with two attached hydrogens (primary N) is 1. The summed E-state index contributed by atoms with van der Waals surface area (Å²) in [6.45, 7) is 0.560. The number of para-hydroxylation sites is 1. The molecule has 1 aliphatic rings. The second-order valence-electron chi connectivity index (χ2n) is 3.65. The summed E-state index contributed by atoms with van der Waals surface area (Å²) in [6, 6.07) is 5.45. The predicted octanol–water partition coefficient (Wildman–Crippen LogP) is 1.10. The molecule has 0 unspecified atom stereocenters. The molecule has 2 rings (SSSR count). The van der Waals surface area contributed by atoms with Gasteiger partial charge in [0.05, 0.1) is 13.0 Å². The number of rotatable bonds is 2. The van der Waals surface area contributed by atoms with Gasteiger partial charge in [-0.2, -0.15) is 0 Å². The normalized spacial score (nSPS) is 19.1. The lowest BCUT2D eigenvalue weighted by atomic mass is 9.97. The quantitative estimate of drug-likeness (QED) is 0.761. The molecule has 1 aliphatic heterocycles. The molecular formula is C11H13NO3. The van der Waals surface area contributed by atoms with Crippen molar-refractivity contribution in [2.75, 3.05) is 6.61 Å². The Labute approximate surface area is 87.7 Å². The van der Waals surface area contributed by atoms with E-state index in [0.717, 1.165) is 12.0 Å². The summed E-state index contributed by atoms with van der Waals surface area (Å²) in [5.41, 5.74) is 7.54. The Morgan fingerprint density at radius 3 is 3.13 bits per heavy atom. The fourth-order valence-corrected chi connectivity index (χ4v) is 1.82. The van der Waals surface area contributed by atoms with Gasteiger partial charge in [-0.1, -0.05) is 18.2 Å². The van der Waals surface area contributed by atoms with Crippen molar-refractivity contribution in [2.24, 2.45) is 5.73 Å². The number of carboxylic acids is 1. The lowest BCUT2D eigenvalue weighted by Gasteiger charge is -2.24. The molecule has 0 aromatic heterocycles. The monoisotopic (exact) mass is 207 g/mol. The number of hydrogen-bond donors (Lipinski definition) is 2. The highest BCUT2D eigenvalue weighted by Gasteiger charge is 2.21. The minimum atomic E-state index is -0.855. The highest BCUT2D eigenvalue weighted by molar-refractivity contribution is 5.71. The van der Waals surface area contributed by atoms with E-state index in [4.69, 9.17) is 15.6 Å². The standard InChI is InChI=1S/C11H13NO3/c12-9-4-5-15-11-7(6-10(13)14)2-1-3-8(9)11/h1-3,9H,4-6,12H2,(H,13,14)/t9-/m1/s1. The zero-order valence-corrected chi connectivity index (χ0v) is 8.27. The first-order chi connectivity index (χ1) is 7.18. The number of carbonyl (C=O) groups is 1. The third-order valence-corrected chi connectivity index (χ3v) is 2.54. The molecule has 4 heteroatoms. The number of aliphatic carboxylic acids is 1. The molecule has 0 saturated heterocycles. The van der Waals surface area contributed by atoms with E-state index in [1.807, 2.05) is 12.1 Å². The maximum Gasteiger partial charge on any atom is 0.307 e. The summed E-state index contributed by atoms with van der Waals surface area (Å²) < 4.78 is 5.48. The van der Waals surface area contributed by atoms with E-state index in [1.54, 1.807) is 6.07 Å². The molecule has 3 N–H and O–H groups in total. The van der Waals surface area contributed by atoms with Crippen LogP contribution in [-0.2, 0) is 11.2 Å². The topological polar surface area (TPSA) is 72.5 Å². The predicted molar refractivity (Wildman–Crippen MR) is 54.8 cm³/mol. The molecule has 1 aromatic carbocycles. The van der Waals surface area contributed by atoms with Crippen molar-refractivity contribution >= 4 is 5.97 Å². The van der Waals surface area contributed by atoms with E-state index >= 15 is 0 Å². The Hall–Kier alpha value is -1.55. The van der Waals surface area contributed by atoms with Gasteiger partial charge in [-0.15, -0.1) is 0 Å². The van der Waals surface area contributed by atoms with Gasteiger partial charge in [0.2, 0.25) is 0 Å². The molecule has 1 heterocycles. The van der Waals surface area contributed by atoms with Crippen LogP contribution in [0.5, 0.6) is 5.75 Å². The van der Waals surface area contributed by atoms with E-state index < -0.39 is 5.97 Å². The van der Waals surface area contributed by atoms with Gasteiger partial charge < -0.3 is 15.6 Å². The lowest BCUT2D eigenvalue weighted by molar-refractivity contribution is -0.136. The van der Waals surface area contributed by atoms with Crippen molar-refractivity contribution in [1.29, 1.82) is 0 Å². The van der Waals surface area contributed by atoms with Crippen molar-refractivity contribution in [3.8, 4) is 5.75 Å². The largest absolute Gasteiger partial charge is 0.493 e. The Morgan fingerprint density at radius 1 is 1.60 bits per heavy atom. The fraction of sp³-hybridized carbons (Fsp3) is 0.364. The first-order valence-electron chi connectivity index (χ1n) is 4.90. The molecule has 1 atom stereocenters. The van der Waals surface area contributed by atoms with Gasteiger partial charge in [-0.3, -0.25) is 4.79 Å². The number of hydrogen-bond acceptors (Lipinski definition) is 3. The Bertz CT molecular complexity index is 389. The van der Waals surface area contributed by atoms with Crippen LogP contribution < -0.4 is 10.5 Å². The Morgan fingerprint density at radius 2 is 2.40 bits per heavy atom. The second-order valence-corrected chi connectivity index (χ2v) is 3.65. The highest BCUT2D eigenvalue weighted by Crippen LogP contribution is 2.33. The Kier molecular flexibility index (Phi) is 2.60. The van der Waals surface area contributed by atoms with E-state index in [2.05, 4.69) is 0 Å². The van der Waals surface area contributed by atoms with E-state index in [9.17, 15) is 4.79 Å². The van der Waals surface area contributed by atoms with E-state index in [1.165, 1.54) is 0 Å². The maximum atomic E-state index is 10.6. The molecular weight excluding hydrogens is 194 g/mol. The first kappa shape index (κ1) is 9.98. The van der Waals surface area contributed by atoms with Crippen LogP contribution in [0.15, 0.2) is 18.2 Å². The molecule has 4 nitrogen and oxygen atoms in total. The third-order valence-electron chi connectivity index (χ3n) is 2.54. The number of benzene rings is 1. The first-order valence-corrected chi connectivity index (χ1v) is 4.90. The SMILES string of the molecule is N[C@@H]1CCOc2c(CC(=O)O)cccc21. The van der Waals surface area contributed by atoms with Crippen LogP contribution in [0.4, 0.5) is 0 Å². The van der Waals surface area contributed by atoms with Crippen LogP contribution in [0.1, 0.15) is 23.6 Å². The lowest BCUT2D eigenvalue weighted by Crippen LogP contribution is -2.21. The molecule has 0 saturated carbocycles. The summed E-state index contributed by atoms with van der Waals surface area (Å²) in [6.07, 6.45) is 0.763. The third kappa shape index (κ3) is 1.94. The van der Waals surface area contributed by atoms with Crippen molar-refractivity contribution in [2.45, 2.75) is 18.9 Å². The van der Waals surface area contributed by atoms with Gasteiger partial charge in [0.1, 0.15) is 5.75 Å². The molecule has 0 bridgehead atoms. The van der Waals surface area contributed by atoms with Gasteiger partial charge in [0.15, 0.2) is 0 Å². The maximum absolute atomic E-state index is 10.6. The second kappa shape index (κ2) is 3.90. The summed E-state index contributed by atoms with van der Waals surface area (Å²) in [5, 5.41) is 8.75. The van der Waals surface area contributed by atoms with Crippen LogP contribution in [0.25, 0.3) is 0 Å². The van der Waals surface area contributed by atoms with E-state index in [0.29, 0.717) is 17.9 Å². The average molecular weight is 207 g/mol. The van der Waals surface area contributed by atoms with Crippen molar-refractivity contribution in [3.05, 3.63) is 29.3 Å². The smallest absolute Gasteiger partial charge is 0.307 e. The van der Waals surface area contributed by atoms with Crippen molar-refractivity contribution in [1.82, 2.24) is 0 Å². The molecule has 15 heavy (non-hydrogen) atoms. The minimum absolute atomic E-state index is 0.0180. The molecule has 0 amide bonds. The number of fused-ring (bicyclic) bond motifs is 1. The zero-order valence-electron chi connectivity index (χ0n) is 8.27. The molecule has 0 aliphatic carbocycles. The Balaban J connectivity index is 2.40.